The highest BCUT2D eigenvalue weighted by atomic mass is 32.2. The molecule has 1 saturated heterocycles. The van der Waals surface area contributed by atoms with E-state index in [0.717, 1.165) is 6.26 Å². The highest BCUT2D eigenvalue weighted by Gasteiger charge is 2.30. The minimum atomic E-state index is -3.40. The minimum absolute atomic E-state index is 0.0567. The lowest BCUT2D eigenvalue weighted by Crippen LogP contribution is -2.57. The largest absolute Gasteiger partial charge is 0.335 e. The third kappa shape index (κ3) is 4.77. The second-order valence-corrected chi connectivity index (χ2v) is 7.48. The molecule has 1 fully saturated rings. The summed E-state index contributed by atoms with van der Waals surface area (Å²) in [5.74, 6) is -0.339. The van der Waals surface area contributed by atoms with Crippen molar-refractivity contribution < 1.29 is 18.0 Å². The van der Waals surface area contributed by atoms with Gasteiger partial charge >= 0.3 is 0 Å². The Balaban J connectivity index is 1.94. The van der Waals surface area contributed by atoms with Crippen LogP contribution in [0.1, 0.15) is 17.3 Å². The van der Waals surface area contributed by atoms with Crippen LogP contribution in [-0.4, -0.2) is 68.5 Å². The van der Waals surface area contributed by atoms with Crippen LogP contribution in [0.15, 0.2) is 30.3 Å². The molecule has 0 aliphatic carbocycles. The Bertz CT molecular complexity index is 675. The van der Waals surface area contributed by atoms with Crippen LogP contribution in [0.25, 0.3) is 0 Å². The average Bonchev–Trinajstić information content (AvgIpc) is 2.52. The Morgan fingerprint density at radius 1 is 1.22 bits per heavy atom. The number of nitrogens with zero attached hydrogens (tertiary/aromatic N) is 2. The van der Waals surface area contributed by atoms with E-state index in [1.807, 2.05) is 25.1 Å². The number of hydrogen-bond donors (Lipinski definition) is 1. The first-order valence-electron chi connectivity index (χ1n) is 7.36. The molecule has 1 aromatic carbocycles. The van der Waals surface area contributed by atoms with Crippen molar-refractivity contribution >= 4 is 21.8 Å². The minimum Gasteiger partial charge on any atom is -0.335 e. The van der Waals surface area contributed by atoms with Gasteiger partial charge in [0.25, 0.3) is 5.91 Å². The summed E-state index contributed by atoms with van der Waals surface area (Å²) in [4.78, 5) is 27.8. The zero-order valence-corrected chi connectivity index (χ0v) is 14.0. The molecule has 1 heterocycles. The Labute approximate surface area is 136 Å². The van der Waals surface area contributed by atoms with Crippen LogP contribution in [0.2, 0.25) is 0 Å². The van der Waals surface area contributed by atoms with Crippen LogP contribution in [0.3, 0.4) is 0 Å². The van der Waals surface area contributed by atoms with Gasteiger partial charge in [-0.3, -0.25) is 9.59 Å². The summed E-state index contributed by atoms with van der Waals surface area (Å²) in [7, 11) is -3.40. The lowest BCUT2D eigenvalue weighted by molar-refractivity contribution is -0.133. The predicted octanol–water partition coefficient (Wildman–Crippen LogP) is -0.0913. The van der Waals surface area contributed by atoms with Gasteiger partial charge in [0.15, 0.2) is 0 Å². The second kappa shape index (κ2) is 7.10. The molecule has 1 N–H and O–H groups in total. The first-order valence-corrected chi connectivity index (χ1v) is 9.25. The summed E-state index contributed by atoms with van der Waals surface area (Å²) in [6.45, 7) is 2.85. The van der Waals surface area contributed by atoms with E-state index in [9.17, 15) is 18.0 Å². The molecule has 1 aliphatic rings. The fourth-order valence-corrected chi connectivity index (χ4v) is 2.96. The van der Waals surface area contributed by atoms with Crippen molar-refractivity contribution in [3.05, 3.63) is 35.9 Å². The molecule has 7 nitrogen and oxygen atoms in total. The maximum Gasteiger partial charge on any atom is 0.253 e. The van der Waals surface area contributed by atoms with Crippen LogP contribution in [0, 0.1) is 0 Å². The van der Waals surface area contributed by atoms with Gasteiger partial charge in [-0.1, -0.05) is 18.2 Å². The molecule has 8 heteroatoms. The number of carbonyl (C=O) groups is 2. The molecule has 0 unspecified atom stereocenters. The van der Waals surface area contributed by atoms with Gasteiger partial charge in [0, 0.05) is 31.2 Å². The fourth-order valence-electron chi connectivity index (χ4n) is 2.57. The maximum atomic E-state index is 12.4. The summed E-state index contributed by atoms with van der Waals surface area (Å²) in [6.07, 6.45) is 1.01. The Morgan fingerprint density at radius 2 is 1.87 bits per heavy atom. The molecule has 1 aromatic rings. The van der Waals surface area contributed by atoms with Gasteiger partial charge in [0.1, 0.15) is 0 Å². The Kier molecular flexibility index (Phi) is 5.38. The molecule has 0 spiro atoms. The molecular weight excluding hydrogens is 318 g/mol. The number of sulfonamides is 1. The molecule has 2 rings (SSSR count). The van der Waals surface area contributed by atoms with Gasteiger partial charge in [-0.15, -0.1) is 0 Å². The molecule has 1 atom stereocenters. The maximum absolute atomic E-state index is 12.4. The zero-order chi connectivity index (χ0) is 17.0. The number of rotatable bonds is 4. The SMILES string of the molecule is C[C@H]1CN(C(=O)c2ccccc2)CCN1C(=O)CNS(C)(=O)=O. The van der Waals surface area contributed by atoms with Crippen molar-refractivity contribution in [3.63, 3.8) is 0 Å². The summed E-state index contributed by atoms with van der Waals surface area (Å²) < 4.78 is 24.3. The molecule has 0 aromatic heterocycles. The Hall–Kier alpha value is -1.93. The smallest absolute Gasteiger partial charge is 0.253 e. The summed E-state index contributed by atoms with van der Waals surface area (Å²) >= 11 is 0. The molecule has 2 amide bonds. The molecule has 1 aliphatic heterocycles. The molecule has 0 radical (unpaired) electrons. The lowest BCUT2D eigenvalue weighted by Gasteiger charge is -2.40. The normalized spacial score (nSPS) is 18.8. The number of nitrogens with one attached hydrogen (secondary N) is 1. The van der Waals surface area contributed by atoms with Crippen LogP contribution in [-0.2, 0) is 14.8 Å². The number of benzene rings is 1. The van der Waals surface area contributed by atoms with Crippen molar-refractivity contribution in [1.82, 2.24) is 14.5 Å². The van der Waals surface area contributed by atoms with Gasteiger partial charge in [-0.05, 0) is 19.1 Å². The third-order valence-electron chi connectivity index (χ3n) is 3.74. The summed E-state index contributed by atoms with van der Waals surface area (Å²) in [5.41, 5.74) is 0.623. The van der Waals surface area contributed by atoms with E-state index in [4.69, 9.17) is 0 Å². The van der Waals surface area contributed by atoms with E-state index in [1.165, 1.54) is 0 Å². The van der Waals surface area contributed by atoms with E-state index in [1.54, 1.807) is 21.9 Å². The highest BCUT2D eigenvalue weighted by molar-refractivity contribution is 7.88. The van der Waals surface area contributed by atoms with Crippen LogP contribution < -0.4 is 4.72 Å². The third-order valence-corrected chi connectivity index (χ3v) is 4.41. The highest BCUT2D eigenvalue weighted by Crippen LogP contribution is 2.13. The molecule has 0 bridgehead atoms. The monoisotopic (exact) mass is 339 g/mol. The van der Waals surface area contributed by atoms with Crippen LogP contribution >= 0.6 is 0 Å². The van der Waals surface area contributed by atoms with E-state index < -0.39 is 10.0 Å². The molecular formula is C15H21N3O4S. The van der Waals surface area contributed by atoms with Crippen LogP contribution in [0.4, 0.5) is 0 Å². The van der Waals surface area contributed by atoms with Crippen molar-refractivity contribution in [2.75, 3.05) is 32.4 Å². The van der Waals surface area contributed by atoms with Gasteiger partial charge in [-0.25, -0.2) is 13.1 Å². The standard InChI is InChI=1S/C15H21N3O4S/c1-12-11-17(15(20)13-6-4-3-5-7-13)8-9-18(12)14(19)10-16-23(2,21)22/h3-7,12,16H,8-11H2,1-2H3/t12-/m0/s1. The van der Waals surface area contributed by atoms with Gasteiger partial charge in [0.2, 0.25) is 15.9 Å². The summed E-state index contributed by atoms with van der Waals surface area (Å²) in [5, 5.41) is 0. The second-order valence-electron chi connectivity index (χ2n) is 5.65. The van der Waals surface area contributed by atoms with Gasteiger partial charge < -0.3 is 9.80 Å². The van der Waals surface area contributed by atoms with Crippen LogP contribution in [0.5, 0.6) is 0 Å². The van der Waals surface area contributed by atoms with E-state index in [0.29, 0.717) is 25.2 Å². The zero-order valence-electron chi connectivity index (χ0n) is 13.2. The first-order chi connectivity index (χ1) is 10.8. The molecule has 126 valence electrons. The first kappa shape index (κ1) is 17.4. The van der Waals surface area contributed by atoms with E-state index >= 15 is 0 Å². The average molecular weight is 339 g/mol. The van der Waals surface area contributed by atoms with E-state index in [-0.39, 0.29) is 24.4 Å². The molecule has 23 heavy (non-hydrogen) atoms. The molecule has 0 saturated carbocycles. The topological polar surface area (TPSA) is 86.8 Å². The van der Waals surface area contributed by atoms with Crippen molar-refractivity contribution in [2.24, 2.45) is 0 Å². The van der Waals surface area contributed by atoms with Crippen molar-refractivity contribution in [2.45, 2.75) is 13.0 Å². The quantitative estimate of drug-likeness (QED) is 0.830. The predicted molar refractivity (Wildman–Crippen MR) is 86.4 cm³/mol. The van der Waals surface area contributed by atoms with Crippen molar-refractivity contribution in [1.29, 1.82) is 0 Å². The lowest BCUT2D eigenvalue weighted by atomic mass is 10.1. The number of hydrogen-bond acceptors (Lipinski definition) is 4. The number of amides is 2. The summed E-state index contributed by atoms with van der Waals surface area (Å²) in [6, 6.07) is 8.84. The van der Waals surface area contributed by atoms with Gasteiger partial charge in [0.05, 0.1) is 12.8 Å². The van der Waals surface area contributed by atoms with Gasteiger partial charge in [-0.2, -0.15) is 0 Å². The fraction of sp³-hybridized carbons (Fsp3) is 0.467. The number of carbonyl (C=O) groups excluding carboxylic acids is 2. The number of piperazine rings is 1. The van der Waals surface area contributed by atoms with E-state index in [2.05, 4.69) is 4.72 Å². The van der Waals surface area contributed by atoms with Crippen molar-refractivity contribution in [3.8, 4) is 0 Å². The Morgan fingerprint density at radius 3 is 2.43 bits per heavy atom.